The number of carboxylic acid groups (broad SMARTS) is 2. The molecule has 0 aromatic carbocycles. The summed E-state index contributed by atoms with van der Waals surface area (Å²) in [6.45, 7) is 1.56. The lowest BCUT2D eigenvalue weighted by molar-refractivity contribution is -0.144. The van der Waals surface area contributed by atoms with Gasteiger partial charge in [0.1, 0.15) is 0 Å². The minimum atomic E-state index is -1.09. The Morgan fingerprint density at radius 2 is 2.13 bits per heavy atom. The molecule has 0 aliphatic carbocycles. The Labute approximate surface area is 91.2 Å². The summed E-state index contributed by atoms with van der Waals surface area (Å²) in [4.78, 5) is 22.3. The SMILES string of the molecule is CC(CCC(=O)O)(C(=O)O)c1cccs1. The average Bonchev–Trinajstić information content (AvgIpc) is 2.66. The van der Waals surface area contributed by atoms with E-state index in [9.17, 15) is 9.59 Å². The van der Waals surface area contributed by atoms with Gasteiger partial charge < -0.3 is 10.2 Å². The van der Waals surface area contributed by atoms with E-state index in [1.54, 1.807) is 24.4 Å². The van der Waals surface area contributed by atoms with Crippen LogP contribution in [0.25, 0.3) is 0 Å². The maximum atomic E-state index is 11.1. The van der Waals surface area contributed by atoms with Gasteiger partial charge in [0.2, 0.25) is 0 Å². The predicted octanol–water partition coefficient (Wildman–Crippen LogP) is 1.96. The van der Waals surface area contributed by atoms with E-state index in [1.165, 1.54) is 11.3 Å². The first kappa shape index (κ1) is 11.7. The standard InChI is InChI=1S/C10H12O4S/c1-10(9(13)14,5-4-8(11)12)7-3-2-6-15-7/h2-3,6H,4-5H2,1H3,(H,11,12)(H,13,14). The lowest BCUT2D eigenvalue weighted by Crippen LogP contribution is -2.32. The van der Waals surface area contributed by atoms with Crippen LogP contribution in [0.2, 0.25) is 0 Å². The molecule has 1 aromatic heterocycles. The van der Waals surface area contributed by atoms with Crippen molar-refractivity contribution >= 4 is 23.3 Å². The number of hydrogen-bond acceptors (Lipinski definition) is 3. The van der Waals surface area contributed by atoms with E-state index in [0.717, 1.165) is 0 Å². The zero-order valence-electron chi connectivity index (χ0n) is 8.27. The molecule has 1 heterocycles. The lowest BCUT2D eigenvalue weighted by Gasteiger charge is -2.22. The van der Waals surface area contributed by atoms with Crippen LogP contribution in [0.3, 0.4) is 0 Å². The van der Waals surface area contributed by atoms with Crippen molar-refractivity contribution in [2.75, 3.05) is 0 Å². The Morgan fingerprint density at radius 1 is 1.47 bits per heavy atom. The first-order valence-electron chi connectivity index (χ1n) is 4.46. The van der Waals surface area contributed by atoms with Gasteiger partial charge in [-0.25, -0.2) is 0 Å². The molecule has 0 saturated carbocycles. The van der Waals surface area contributed by atoms with Gasteiger partial charge in [-0.1, -0.05) is 6.07 Å². The largest absolute Gasteiger partial charge is 0.481 e. The van der Waals surface area contributed by atoms with Gasteiger partial charge in [-0.2, -0.15) is 0 Å². The predicted molar refractivity (Wildman–Crippen MR) is 56.2 cm³/mol. The number of rotatable bonds is 5. The summed E-state index contributed by atoms with van der Waals surface area (Å²) in [5.41, 5.74) is -1.09. The molecule has 0 aliphatic rings. The van der Waals surface area contributed by atoms with Crippen molar-refractivity contribution in [3.8, 4) is 0 Å². The molecule has 0 spiro atoms. The van der Waals surface area contributed by atoms with Gasteiger partial charge in [-0.15, -0.1) is 11.3 Å². The maximum absolute atomic E-state index is 11.1. The molecule has 15 heavy (non-hydrogen) atoms. The van der Waals surface area contributed by atoms with Gasteiger partial charge in [0.05, 0.1) is 5.41 Å². The van der Waals surface area contributed by atoms with Gasteiger partial charge in [0.25, 0.3) is 0 Å². The fourth-order valence-electron chi connectivity index (χ4n) is 1.28. The minimum absolute atomic E-state index is 0.109. The van der Waals surface area contributed by atoms with Gasteiger partial charge in [-0.05, 0) is 24.8 Å². The van der Waals surface area contributed by atoms with Crippen LogP contribution in [0, 0.1) is 0 Å². The Hall–Kier alpha value is -1.36. The van der Waals surface area contributed by atoms with Crippen LogP contribution in [-0.4, -0.2) is 22.2 Å². The monoisotopic (exact) mass is 228 g/mol. The summed E-state index contributed by atoms with van der Waals surface area (Å²) in [6.07, 6.45) is -0.0289. The molecule has 0 fully saturated rings. The number of carbonyl (C=O) groups is 2. The van der Waals surface area contributed by atoms with Crippen LogP contribution in [0.5, 0.6) is 0 Å². The molecule has 1 unspecified atom stereocenters. The maximum Gasteiger partial charge on any atom is 0.314 e. The highest BCUT2D eigenvalue weighted by atomic mass is 32.1. The Bertz CT molecular complexity index is 358. The molecule has 0 amide bonds. The molecule has 1 rings (SSSR count). The number of carboxylic acids is 2. The summed E-state index contributed by atoms with van der Waals surface area (Å²) in [5, 5.41) is 19.5. The van der Waals surface area contributed by atoms with E-state index >= 15 is 0 Å². The minimum Gasteiger partial charge on any atom is -0.481 e. The van der Waals surface area contributed by atoms with E-state index in [1.807, 2.05) is 0 Å². The van der Waals surface area contributed by atoms with Crippen molar-refractivity contribution in [2.24, 2.45) is 0 Å². The second-order valence-corrected chi connectivity index (χ2v) is 4.46. The molecule has 2 N–H and O–H groups in total. The van der Waals surface area contributed by atoms with Crippen molar-refractivity contribution < 1.29 is 19.8 Å². The number of aliphatic carboxylic acids is 2. The normalized spacial score (nSPS) is 14.5. The Kier molecular flexibility index (Phi) is 3.47. The van der Waals surface area contributed by atoms with Crippen molar-refractivity contribution in [1.29, 1.82) is 0 Å². The molecule has 0 aliphatic heterocycles. The quantitative estimate of drug-likeness (QED) is 0.807. The smallest absolute Gasteiger partial charge is 0.314 e. The van der Waals surface area contributed by atoms with E-state index in [2.05, 4.69) is 0 Å². The average molecular weight is 228 g/mol. The molecular formula is C10H12O4S. The summed E-state index contributed by atoms with van der Waals surface area (Å²) < 4.78 is 0. The molecule has 4 nitrogen and oxygen atoms in total. The number of hydrogen-bond donors (Lipinski definition) is 2. The molecule has 1 aromatic rings. The van der Waals surface area contributed by atoms with Crippen LogP contribution >= 0.6 is 11.3 Å². The van der Waals surface area contributed by atoms with Crippen molar-refractivity contribution in [2.45, 2.75) is 25.2 Å². The number of thiophene rings is 1. The van der Waals surface area contributed by atoms with Crippen molar-refractivity contribution in [3.63, 3.8) is 0 Å². The highest BCUT2D eigenvalue weighted by molar-refractivity contribution is 7.10. The summed E-state index contributed by atoms with van der Waals surface area (Å²) in [6, 6.07) is 3.49. The summed E-state index contributed by atoms with van der Waals surface area (Å²) in [5.74, 6) is -1.95. The Balaban J connectivity index is 2.89. The highest BCUT2D eigenvalue weighted by Crippen LogP contribution is 2.32. The Morgan fingerprint density at radius 3 is 2.53 bits per heavy atom. The first-order chi connectivity index (χ1) is 6.97. The van der Waals surface area contributed by atoms with Crippen molar-refractivity contribution in [1.82, 2.24) is 0 Å². The molecule has 0 bridgehead atoms. The van der Waals surface area contributed by atoms with Gasteiger partial charge >= 0.3 is 11.9 Å². The molecular weight excluding hydrogens is 216 g/mol. The summed E-state index contributed by atoms with van der Waals surface area (Å²) >= 11 is 1.34. The zero-order valence-corrected chi connectivity index (χ0v) is 9.08. The van der Waals surface area contributed by atoms with Crippen LogP contribution in [0.4, 0.5) is 0 Å². The van der Waals surface area contributed by atoms with Crippen molar-refractivity contribution in [3.05, 3.63) is 22.4 Å². The zero-order chi connectivity index (χ0) is 11.5. The van der Waals surface area contributed by atoms with E-state index < -0.39 is 17.4 Å². The molecule has 0 radical (unpaired) electrons. The summed E-state index contributed by atoms with van der Waals surface area (Å²) in [7, 11) is 0. The molecule has 82 valence electrons. The second kappa shape index (κ2) is 4.44. The molecule has 5 heteroatoms. The third-order valence-corrected chi connectivity index (χ3v) is 3.51. The first-order valence-corrected chi connectivity index (χ1v) is 5.34. The van der Waals surface area contributed by atoms with E-state index in [-0.39, 0.29) is 12.8 Å². The van der Waals surface area contributed by atoms with Gasteiger partial charge in [-0.3, -0.25) is 9.59 Å². The van der Waals surface area contributed by atoms with Crippen LogP contribution in [0.1, 0.15) is 24.6 Å². The van der Waals surface area contributed by atoms with E-state index in [0.29, 0.717) is 4.88 Å². The fourth-order valence-corrected chi connectivity index (χ4v) is 2.20. The second-order valence-electron chi connectivity index (χ2n) is 3.51. The van der Waals surface area contributed by atoms with Crippen LogP contribution in [-0.2, 0) is 15.0 Å². The van der Waals surface area contributed by atoms with Crippen LogP contribution < -0.4 is 0 Å². The topological polar surface area (TPSA) is 74.6 Å². The highest BCUT2D eigenvalue weighted by Gasteiger charge is 2.36. The third-order valence-electron chi connectivity index (χ3n) is 2.38. The fraction of sp³-hybridized carbons (Fsp3) is 0.400. The van der Waals surface area contributed by atoms with Gasteiger partial charge in [0, 0.05) is 11.3 Å². The van der Waals surface area contributed by atoms with E-state index in [4.69, 9.17) is 10.2 Å². The molecule has 1 atom stereocenters. The van der Waals surface area contributed by atoms with Gasteiger partial charge in [0.15, 0.2) is 0 Å². The lowest BCUT2D eigenvalue weighted by atomic mass is 9.84. The third kappa shape index (κ3) is 2.56. The molecule has 0 saturated heterocycles. The van der Waals surface area contributed by atoms with Crippen LogP contribution in [0.15, 0.2) is 17.5 Å².